The molecule has 0 heterocycles. The minimum absolute atomic E-state index is 0.160. The first-order valence-electron chi connectivity index (χ1n) is 26.1. The molecule has 0 atom stereocenters. The lowest BCUT2D eigenvalue weighted by atomic mass is 9.67. The van der Waals surface area contributed by atoms with Crippen LogP contribution < -0.4 is 0 Å². The molecule has 352 valence electrons. The molecule has 0 N–H and O–H groups in total. The zero-order chi connectivity index (χ0) is 49.5. The van der Waals surface area contributed by atoms with E-state index in [2.05, 4.69) is 284 Å². The SMILES string of the molecule is CC1(C)c2ccccc2-c2ccccc21.CCC.Cc1ccc(C2(c3ccc(C)cc3)c3ccccc3-c3ccccc32)cc1.c1ccc2c(c1)-c1ccccc1C21c2ccc(cc2)CCc2ccc1cc2. The Balaban J connectivity index is 0.000000118. The summed E-state index contributed by atoms with van der Waals surface area (Å²) in [7, 11) is 0. The predicted octanol–water partition coefficient (Wildman–Crippen LogP) is 18.2. The molecule has 0 heteroatoms. The number of hydrogen-bond donors (Lipinski definition) is 0. The Kier molecular flexibility index (Phi) is 12.3. The number of rotatable bonds is 2. The van der Waals surface area contributed by atoms with Gasteiger partial charge in [0.05, 0.1) is 10.8 Å². The van der Waals surface area contributed by atoms with Gasteiger partial charge in [0.1, 0.15) is 0 Å². The molecule has 7 aliphatic carbocycles. The molecule has 72 heavy (non-hydrogen) atoms. The van der Waals surface area contributed by atoms with Crippen LogP contribution in [0, 0.1) is 13.8 Å². The molecule has 0 aliphatic heterocycles. The van der Waals surface area contributed by atoms with Gasteiger partial charge in [0, 0.05) is 5.41 Å². The number of aryl methyl sites for hydroxylation is 4. The van der Waals surface area contributed by atoms with E-state index in [0.717, 1.165) is 12.8 Å². The van der Waals surface area contributed by atoms with Crippen LogP contribution in [0.15, 0.2) is 243 Å². The van der Waals surface area contributed by atoms with E-state index in [4.69, 9.17) is 0 Å². The van der Waals surface area contributed by atoms with E-state index in [-0.39, 0.29) is 16.2 Å². The molecule has 10 aromatic rings. The Hall–Kier alpha value is -7.80. The first-order chi connectivity index (χ1) is 35.2. The largest absolute Gasteiger partial charge is 0.0713 e. The second-order valence-electron chi connectivity index (χ2n) is 20.7. The minimum Gasteiger partial charge on any atom is -0.0656 e. The molecule has 4 bridgehead atoms. The summed E-state index contributed by atoms with van der Waals surface area (Å²) in [6.45, 7) is 13.2. The molecule has 17 rings (SSSR count). The third kappa shape index (κ3) is 7.59. The zero-order valence-corrected chi connectivity index (χ0v) is 42.7. The molecule has 0 unspecified atom stereocenters. The van der Waals surface area contributed by atoms with Crippen LogP contribution in [0.2, 0.25) is 0 Å². The van der Waals surface area contributed by atoms with Crippen LogP contribution in [-0.2, 0) is 29.1 Å². The number of benzene rings is 10. The summed E-state index contributed by atoms with van der Waals surface area (Å²) in [5.74, 6) is 0. The van der Waals surface area contributed by atoms with Crippen molar-refractivity contribution >= 4 is 0 Å². The Morgan fingerprint density at radius 1 is 0.278 bits per heavy atom. The van der Waals surface area contributed by atoms with Crippen LogP contribution in [-0.4, -0.2) is 0 Å². The highest BCUT2D eigenvalue weighted by atomic mass is 14.5. The van der Waals surface area contributed by atoms with Crippen LogP contribution in [0.25, 0.3) is 33.4 Å². The van der Waals surface area contributed by atoms with Gasteiger partial charge in [-0.15, -0.1) is 0 Å². The Bertz CT molecular complexity index is 3200. The summed E-state index contributed by atoms with van der Waals surface area (Å²) in [6.07, 6.45) is 3.44. The van der Waals surface area contributed by atoms with E-state index in [9.17, 15) is 0 Å². The molecule has 0 fully saturated rings. The van der Waals surface area contributed by atoms with Crippen molar-refractivity contribution in [1.82, 2.24) is 0 Å². The maximum absolute atomic E-state index is 2.35. The third-order valence-electron chi connectivity index (χ3n) is 15.8. The monoisotopic (exact) mass is 929 g/mol. The van der Waals surface area contributed by atoms with Gasteiger partial charge in [-0.3, -0.25) is 0 Å². The summed E-state index contributed by atoms with van der Waals surface area (Å²) < 4.78 is 0. The highest BCUT2D eigenvalue weighted by Crippen LogP contribution is 2.58. The smallest absolute Gasteiger partial charge is 0.0656 e. The molecular weight excluding hydrogens is 865 g/mol. The van der Waals surface area contributed by atoms with E-state index >= 15 is 0 Å². The second kappa shape index (κ2) is 19.1. The van der Waals surface area contributed by atoms with Crippen molar-refractivity contribution in [2.75, 3.05) is 0 Å². The maximum Gasteiger partial charge on any atom is 0.0713 e. The summed E-state index contributed by atoms with van der Waals surface area (Å²) in [5.41, 5.74) is 27.1. The van der Waals surface area contributed by atoms with Gasteiger partial charge in [-0.2, -0.15) is 0 Å². The Morgan fingerprint density at radius 3 is 0.750 bits per heavy atom. The van der Waals surface area contributed by atoms with Crippen LogP contribution in [0.3, 0.4) is 0 Å². The Labute approximate surface area is 428 Å². The minimum atomic E-state index is -0.269. The first kappa shape index (κ1) is 46.6. The number of fused-ring (bicyclic) bond motifs is 9. The summed E-state index contributed by atoms with van der Waals surface area (Å²) in [4.78, 5) is 0. The predicted molar refractivity (Wildman–Crippen MR) is 304 cm³/mol. The van der Waals surface area contributed by atoms with Gasteiger partial charge in [0.25, 0.3) is 0 Å². The molecule has 0 aromatic heterocycles. The van der Waals surface area contributed by atoms with Gasteiger partial charge in [-0.05, 0) is 127 Å². The van der Waals surface area contributed by atoms with E-state index in [0.29, 0.717) is 0 Å². The van der Waals surface area contributed by atoms with Crippen molar-refractivity contribution < 1.29 is 0 Å². The molecule has 0 radical (unpaired) electrons. The standard InChI is InChI=1S/C27H20.C27H22.C15H14.C3H8/c1-3-7-25-23(5-1)24-6-2-4-8-26(24)27(25)21-15-11-19(12-16-21)9-10-20-13-17-22(27)18-14-20;1-19-11-15-21(16-12-19)27(22-17-13-20(2)14-18-22)25-9-5-3-7-23(25)24-8-4-6-10-26(24)27;1-15(2)13-9-5-3-7-11(13)12-8-4-6-10-14(12)15;1-3-2/h1-8,11-18H,9-10H2;3-18H,1-2H3;3-10H,1-2H3;3H2,1-2H3. The van der Waals surface area contributed by atoms with E-state index in [1.54, 1.807) is 0 Å². The Morgan fingerprint density at radius 2 is 0.486 bits per heavy atom. The van der Waals surface area contributed by atoms with Crippen molar-refractivity contribution in [3.8, 4) is 33.4 Å². The highest BCUT2D eigenvalue weighted by Gasteiger charge is 2.47. The van der Waals surface area contributed by atoms with Gasteiger partial charge in [-0.1, -0.05) is 288 Å². The normalized spacial score (nSPS) is 14.5. The van der Waals surface area contributed by atoms with Crippen LogP contribution in [0.1, 0.15) is 112 Å². The van der Waals surface area contributed by atoms with Gasteiger partial charge < -0.3 is 0 Å². The van der Waals surface area contributed by atoms with Gasteiger partial charge in [0.15, 0.2) is 0 Å². The second-order valence-corrected chi connectivity index (χ2v) is 20.7. The van der Waals surface area contributed by atoms with Crippen LogP contribution in [0.5, 0.6) is 0 Å². The average molecular weight is 929 g/mol. The van der Waals surface area contributed by atoms with E-state index in [1.165, 1.54) is 118 Å². The fourth-order valence-electron chi connectivity index (χ4n) is 12.5. The number of hydrogen-bond acceptors (Lipinski definition) is 0. The van der Waals surface area contributed by atoms with E-state index < -0.39 is 0 Å². The van der Waals surface area contributed by atoms with Crippen LogP contribution >= 0.6 is 0 Å². The maximum atomic E-state index is 2.35. The molecule has 0 saturated carbocycles. The molecule has 0 nitrogen and oxygen atoms in total. The van der Waals surface area contributed by atoms with Crippen LogP contribution in [0.4, 0.5) is 0 Å². The van der Waals surface area contributed by atoms with E-state index in [1.807, 2.05) is 0 Å². The first-order valence-corrected chi connectivity index (χ1v) is 26.1. The highest BCUT2D eigenvalue weighted by molar-refractivity contribution is 5.88. The molecular formula is C72H64. The van der Waals surface area contributed by atoms with Gasteiger partial charge in [-0.25, -0.2) is 0 Å². The molecule has 1 spiro atoms. The fraction of sp³-hybridized carbons (Fsp3) is 0.167. The zero-order valence-electron chi connectivity index (χ0n) is 42.7. The van der Waals surface area contributed by atoms with Crippen molar-refractivity contribution in [3.05, 3.63) is 321 Å². The van der Waals surface area contributed by atoms with Crippen molar-refractivity contribution in [1.29, 1.82) is 0 Å². The summed E-state index contributed by atoms with van der Waals surface area (Å²) in [6, 6.07) is 89.9. The lowest BCUT2D eigenvalue weighted by Crippen LogP contribution is -2.28. The lowest BCUT2D eigenvalue weighted by molar-refractivity contribution is 0.660. The van der Waals surface area contributed by atoms with Gasteiger partial charge in [0.2, 0.25) is 0 Å². The summed E-state index contributed by atoms with van der Waals surface area (Å²) in [5, 5.41) is 0. The topological polar surface area (TPSA) is 0 Å². The van der Waals surface area contributed by atoms with Crippen molar-refractivity contribution in [2.45, 2.75) is 77.0 Å². The van der Waals surface area contributed by atoms with Crippen molar-refractivity contribution in [2.24, 2.45) is 0 Å². The molecule has 0 amide bonds. The van der Waals surface area contributed by atoms with Crippen molar-refractivity contribution in [3.63, 3.8) is 0 Å². The lowest BCUT2D eigenvalue weighted by Gasteiger charge is -2.34. The third-order valence-corrected chi connectivity index (χ3v) is 15.8. The fourth-order valence-corrected chi connectivity index (χ4v) is 12.5. The molecule has 0 saturated heterocycles. The summed E-state index contributed by atoms with van der Waals surface area (Å²) >= 11 is 0. The van der Waals surface area contributed by atoms with Gasteiger partial charge >= 0.3 is 0 Å². The quantitative estimate of drug-likeness (QED) is 0.162. The average Bonchev–Trinajstić information content (AvgIpc) is 3.97. The molecule has 7 aliphatic rings. The molecule has 10 aromatic carbocycles.